The Balaban J connectivity index is 2.12. The highest BCUT2D eigenvalue weighted by Gasteiger charge is 2.17. The first-order valence-corrected chi connectivity index (χ1v) is 7.92. The SMILES string of the molecule is CCNC(=O)Nc1cccc(NC(=O)c2c(C)nsc2NC)c1. The molecule has 0 aliphatic rings. The Morgan fingerprint density at radius 1 is 1.22 bits per heavy atom. The van der Waals surface area contributed by atoms with Crippen molar-refractivity contribution in [2.45, 2.75) is 13.8 Å². The number of rotatable bonds is 5. The number of amides is 3. The van der Waals surface area contributed by atoms with Gasteiger partial charge in [0.1, 0.15) is 5.00 Å². The van der Waals surface area contributed by atoms with E-state index < -0.39 is 0 Å². The number of nitrogens with zero attached hydrogens (tertiary/aromatic N) is 1. The molecule has 3 amide bonds. The van der Waals surface area contributed by atoms with Crippen LogP contribution >= 0.6 is 11.5 Å². The third-order valence-corrected chi connectivity index (χ3v) is 3.99. The molecule has 122 valence electrons. The summed E-state index contributed by atoms with van der Waals surface area (Å²) in [6, 6.07) is 6.68. The lowest BCUT2D eigenvalue weighted by Gasteiger charge is -2.09. The number of aromatic nitrogens is 1. The maximum Gasteiger partial charge on any atom is 0.319 e. The highest BCUT2D eigenvalue weighted by Crippen LogP contribution is 2.25. The molecule has 1 aromatic heterocycles. The zero-order valence-corrected chi connectivity index (χ0v) is 14.0. The summed E-state index contributed by atoms with van der Waals surface area (Å²) in [6.45, 7) is 4.17. The zero-order valence-electron chi connectivity index (χ0n) is 13.2. The molecule has 1 heterocycles. The summed E-state index contributed by atoms with van der Waals surface area (Å²) in [5.41, 5.74) is 2.40. The van der Waals surface area contributed by atoms with Crippen molar-refractivity contribution in [3.05, 3.63) is 35.5 Å². The van der Waals surface area contributed by atoms with Crippen molar-refractivity contribution in [1.29, 1.82) is 0 Å². The van der Waals surface area contributed by atoms with Crippen LogP contribution in [0.4, 0.5) is 21.2 Å². The Hall–Kier alpha value is -2.61. The maximum absolute atomic E-state index is 12.4. The lowest BCUT2D eigenvalue weighted by molar-refractivity contribution is 0.102. The van der Waals surface area contributed by atoms with Crippen LogP contribution in [0.3, 0.4) is 0 Å². The van der Waals surface area contributed by atoms with Crippen LogP contribution < -0.4 is 21.3 Å². The number of hydrogen-bond acceptors (Lipinski definition) is 5. The van der Waals surface area contributed by atoms with E-state index in [4.69, 9.17) is 0 Å². The van der Waals surface area contributed by atoms with Gasteiger partial charge < -0.3 is 21.3 Å². The molecule has 1 aromatic carbocycles. The summed E-state index contributed by atoms with van der Waals surface area (Å²) in [5.74, 6) is -0.240. The molecular formula is C15H19N5O2S. The summed E-state index contributed by atoms with van der Waals surface area (Å²) >= 11 is 1.24. The molecule has 0 fully saturated rings. The molecular weight excluding hydrogens is 314 g/mol. The second kappa shape index (κ2) is 7.59. The van der Waals surface area contributed by atoms with Gasteiger partial charge in [-0.2, -0.15) is 4.37 Å². The number of hydrogen-bond donors (Lipinski definition) is 4. The topological polar surface area (TPSA) is 95.2 Å². The first-order chi connectivity index (χ1) is 11.0. The highest BCUT2D eigenvalue weighted by molar-refractivity contribution is 7.10. The van der Waals surface area contributed by atoms with E-state index in [9.17, 15) is 9.59 Å². The molecule has 0 radical (unpaired) electrons. The van der Waals surface area contributed by atoms with Crippen molar-refractivity contribution in [3.8, 4) is 0 Å². The number of benzene rings is 1. The van der Waals surface area contributed by atoms with Crippen molar-refractivity contribution in [1.82, 2.24) is 9.69 Å². The molecule has 23 heavy (non-hydrogen) atoms. The molecule has 0 aliphatic carbocycles. The van der Waals surface area contributed by atoms with Crippen LogP contribution in [0, 0.1) is 6.92 Å². The lowest BCUT2D eigenvalue weighted by atomic mass is 10.2. The average Bonchev–Trinajstić information content (AvgIpc) is 2.88. The largest absolute Gasteiger partial charge is 0.378 e. The molecule has 8 heteroatoms. The normalized spacial score (nSPS) is 10.0. The molecule has 2 rings (SSSR count). The van der Waals surface area contributed by atoms with Crippen molar-refractivity contribution < 1.29 is 9.59 Å². The smallest absolute Gasteiger partial charge is 0.319 e. The quantitative estimate of drug-likeness (QED) is 0.676. The van der Waals surface area contributed by atoms with Crippen molar-refractivity contribution in [3.63, 3.8) is 0 Å². The fourth-order valence-corrected chi connectivity index (χ4v) is 2.75. The van der Waals surface area contributed by atoms with Gasteiger partial charge >= 0.3 is 6.03 Å². The van der Waals surface area contributed by atoms with E-state index in [0.29, 0.717) is 29.2 Å². The lowest BCUT2D eigenvalue weighted by Crippen LogP contribution is -2.28. The molecule has 0 saturated carbocycles. The minimum atomic E-state index is -0.286. The molecule has 0 atom stereocenters. The van der Waals surface area contributed by atoms with Gasteiger partial charge in [0.25, 0.3) is 5.91 Å². The van der Waals surface area contributed by atoms with Gasteiger partial charge in [0.05, 0.1) is 11.3 Å². The average molecular weight is 333 g/mol. The zero-order chi connectivity index (χ0) is 16.8. The van der Waals surface area contributed by atoms with Crippen molar-refractivity contribution in [2.75, 3.05) is 29.5 Å². The minimum Gasteiger partial charge on any atom is -0.378 e. The van der Waals surface area contributed by atoms with Gasteiger partial charge in [0.2, 0.25) is 0 Å². The fraction of sp³-hybridized carbons (Fsp3) is 0.267. The van der Waals surface area contributed by atoms with E-state index in [-0.39, 0.29) is 11.9 Å². The first-order valence-electron chi connectivity index (χ1n) is 7.15. The second-order valence-corrected chi connectivity index (χ2v) is 5.51. The summed E-state index contributed by atoms with van der Waals surface area (Å²) < 4.78 is 4.18. The minimum absolute atomic E-state index is 0.240. The second-order valence-electron chi connectivity index (χ2n) is 4.74. The van der Waals surface area contributed by atoms with Crippen LogP contribution in [0.15, 0.2) is 24.3 Å². The Labute approximate surface area is 138 Å². The molecule has 0 bridgehead atoms. The van der Waals surface area contributed by atoms with Crippen molar-refractivity contribution in [2.24, 2.45) is 0 Å². The standard InChI is InChI=1S/C15H19N5O2S/c1-4-17-15(22)19-11-7-5-6-10(8-11)18-13(21)12-9(2)20-23-14(12)16-3/h5-8,16H,4H2,1-3H3,(H,18,21)(H2,17,19,22). The van der Waals surface area contributed by atoms with Gasteiger partial charge in [-0.1, -0.05) is 6.07 Å². The van der Waals surface area contributed by atoms with Crippen LogP contribution in [0.25, 0.3) is 0 Å². The van der Waals surface area contributed by atoms with Crippen LogP contribution in [-0.2, 0) is 0 Å². The summed E-state index contributed by atoms with van der Waals surface area (Å²) in [5, 5.41) is 11.9. The third-order valence-electron chi connectivity index (χ3n) is 3.03. The number of aryl methyl sites for hydroxylation is 1. The van der Waals surface area contributed by atoms with Crippen LogP contribution in [0.2, 0.25) is 0 Å². The maximum atomic E-state index is 12.4. The Morgan fingerprint density at radius 2 is 1.91 bits per heavy atom. The molecule has 0 aliphatic heterocycles. The predicted octanol–water partition coefficient (Wildman–Crippen LogP) is 2.89. The van der Waals surface area contributed by atoms with E-state index in [2.05, 4.69) is 25.6 Å². The molecule has 4 N–H and O–H groups in total. The number of carbonyl (C=O) groups excluding carboxylic acids is 2. The summed E-state index contributed by atoms with van der Waals surface area (Å²) in [6.07, 6.45) is 0. The van der Waals surface area contributed by atoms with E-state index >= 15 is 0 Å². The van der Waals surface area contributed by atoms with Gasteiger partial charge in [-0.15, -0.1) is 0 Å². The fourth-order valence-electron chi connectivity index (χ4n) is 2.01. The van der Waals surface area contributed by atoms with Gasteiger partial charge in [-0.05, 0) is 43.6 Å². The molecule has 0 unspecified atom stereocenters. The molecule has 0 spiro atoms. The Morgan fingerprint density at radius 3 is 2.57 bits per heavy atom. The van der Waals surface area contributed by atoms with Crippen LogP contribution in [0.1, 0.15) is 23.0 Å². The van der Waals surface area contributed by atoms with Gasteiger partial charge in [-0.3, -0.25) is 4.79 Å². The summed E-state index contributed by atoms with van der Waals surface area (Å²) in [7, 11) is 1.75. The number of nitrogens with one attached hydrogen (secondary N) is 4. The van der Waals surface area contributed by atoms with Crippen LogP contribution in [0.5, 0.6) is 0 Å². The Kier molecular flexibility index (Phi) is 5.53. The third kappa shape index (κ3) is 4.19. The number of anilines is 3. The number of carbonyl (C=O) groups is 2. The van der Waals surface area contributed by atoms with E-state index in [1.807, 2.05) is 6.92 Å². The molecule has 0 saturated heterocycles. The van der Waals surface area contributed by atoms with E-state index in [0.717, 1.165) is 5.00 Å². The van der Waals surface area contributed by atoms with Gasteiger partial charge in [0.15, 0.2) is 0 Å². The number of urea groups is 1. The predicted molar refractivity (Wildman–Crippen MR) is 93.5 cm³/mol. The van der Waals surface area contributed by atoms with Crippen LogP contribution in [-0.4, -0.2) is 29.9 Å². The highest BCUT2D eigenvalue weighted by atomic mass is 32.1. The summed E-state index contributed by atoms with van der Waals surface area (Å²) in [4.78, 5) is 24.0. The van der Waals surface area contributed by atoms with E-state index in [1.54, 1.807) is 38.2 Å². The van der Waals surface area contributed by atoms with Gasteiger partial charge in [-0.25, -0.2) is 4.79 Å². The van der Waals surface area contributed by atoms with Gasteiger partial charge in [0, 0.05) is 25.0 Å². The molecule has 7 nitrogen and oxygen atoms in total. The first kappa shape index (κ1) is 16.8. The van der Waals surface area contributed by atoms with E-state index in [1.165, 1.54) is 11.5 Å². The molecule has 2 aromatic rings. The Bertz CT molecular complexity index is 714. The van der Waals surface area contributed by atoms with Crippen molar-refractivity contribution >= 4 is 39.8 Å². The monoisotopic (exact) mass is 333 g/mol.